The minimum atomic E-state index is 0.521. The van der Waals surface area contributed by atoms with Crippen LogP contribution < -0.4 is 0 Å². The molecule has 0 N–H and O–H groups in total. The molecule has 1 heterocycles. The van der Waals surface area contributed by atoms with Crippen LogP contribution in [0.4, 0.5) is 0 Å². The molecule has 0 aliphatic carbocycles. The monoisotopic (exact) mass is 183 g/mol. The molecule has 1 saturated heterocycles. The van der Waals surface area contributed by atoms with Crippen molar-refractivity contribution in [2.24, 2.45) is 0 Å². The molecule has 0 bridgehead atoms. The highest BCUT2D eigenvalue weighted by Crippen LogP contribution is 2.30. The highest BCUT2D eigenvalue weighted by atomic mass is 15.2. The molecule has 1 rings (SSSR count). The van der Waals surface area contributed by atoms with Crippen LogP contribution in [-0.4, -0.2) is 23.5 Å². The lowest BCUT2D eigenvalue weighted by atomic mass is 9.86. The molecule has 0 aromatic rings. The number of likely N-dealkylation sites (tertiary alicyclic amines) is 1. The molecular formula is C12H25N. The highest BCUT2D eigenvalue weighted by molar-refractivity contribution is 4.88. The number of piperidine rings is 1. The molecule has 13 heavy (non-hydrogen) atoms. The van der Waals surface area contributed by atoms with Crippen molar-refractivity contribution in [3.63, 3.8) is 0 Å². The van der Waals surface area contributed by atoms with Crippen molar-refractivity contribution in [3.8, 4) is 0 Å². The van der Waals surface area contributed by atoms with Gasteiger partial charge in [0.2, 0.25) is 0 Å². The molecule has 78 valence electrons. The first-order valence-electron chi connectivity index (χ1n) is 5.98. The van der Waals surface area contributed by atoms with E-state index in [0.29, 0.717) is 5.54 Å². The number of rotatable bonds is 4. The summed E-state index contributed by atoms with van der Waals surface area (Å²) in [4.78, 5) is 2.72. The Labute approximate surface area is 83.5 Å². The van der Waals surface area contributed by atoms with Gasteiger partial charge in [0.15, 0.2) is 0 Å². The molecule has 1 atom stereocenters. The van der Waals surface area contributed by atoms with Gasteiger partial charge in [-0.05, 0) is 45.7 Å². The Morgan fingerprint density at radius 3 is 2.62 bits per heavy atom. The maximum atomic E-state index is 2.72. The van der Waals surface area contributed by atoms with E-state index in [4.69, 9.17) is 0 Å². The first-order valence-corrected chi connectivity index (χ1v) is 5.98. The van der Waals surface area contributed by atoms with Crippen LogP contribution in [-0.2, 0) is 0 Å². The van der Waals surface area contributed by atoms with Gasteiger partial charge in [-0.2, -0.15) is 0 Å². The van der Waals surface area contributed by atoms with Gasteiger partial charge in [0.1, 0.15) is 0 Å². The average molecular weight is 183 g/mol. The van der Waals surface area contributed by atoms with Gasteiger partial charge in [-0.15, -0.1) is 0 Å². The Kier molecular flexibility index (Phi) is 4.24. The van der Waals surface area contributed by atoms with Crippen molar-refractivity contribution in [1.82, 2.24) is 4.90 Å². The molecule has 1 unspecified atom stereocenters. The summed E-state index contributed by atoms with van der Waals surface area (Å²) in [5.41, 5.74) is 0.521. The highest BCUT2D eigenvalue weighted by Gasteiger charge is 2.31. The topological polar surface area (TPSA) is 3.24 Å². The van der Waals surface area contributed by atoms with E-state index in [-0.39, 0.29) is 0 Å². The zero-order chi connectivity index (χ0) is 9.73. The minimum Gasteiger partial charge on any atom is -0.298 e. The number of hydrogen-bond donors (Lipinski definition) is 0. The maximum absolute atomic E-state index is 2.72. The lowest BCUT2D eigenvalue weighted by Crippen LogP contribution is -2.49. The summed E-state index contributed by atoms with van der Waals surface area (Å²) in [6, 6.07) is 0. The van der Waals surface area contributed by atoms with E-state index >= 15 is 0 Å². The van der Waals surface area contributed by atoms with Crippen molar-refractivity contribution in [1.29, 1.82) is 0 Å². The zero-order valence-corrected chi connectivity index (χ0v) is 9.60. The third-order valence-electron chi connectivity index (χ3n) is 3.70. The van der Waals surface area contributed by atoms with E-state index in [0.717, 1.165) is 0 Å². The molecule has 0 spiro atoms. The van der Waals surface area contributed by atoms with Gasteiger partial charge in [0.05, 0.1) is 0 Å². The predicted octanol–water partition coefficient (Wildman–Crippen LogP) is 3.44. The smallest absolute Gasteiger partial charge is 0.0178 e. The van der Waals surface area contributed by atoms with Crippen molar-refractivity contribution >= 4 is 0 Å². The molecule has 1 aliphatic heterocycles. The molecule has 1 heteroatoms. The second-order valence-corrected chi connectivity index (χ2v) is 4.65. The SMILES string of the molecule is CCCCN1CCCCC1(C)CC. The molecule has 0 radical (unpaired) electrons. The van der Waals surface area contributed by atoms with E-state index < -0.39 is 0 Å². The largest absolute Gasteiger partial charge is 0.298 e. The molecule has 1 nitrogen and oxygen atoms in total. The Balaban J connectivity index is 2.46. The summed E-state index contributed by atoms with van der Waals surface area (Å²) in [6.45, 7) is 9.73. The maximum Gasteiger partial charge on any atom is 0.0178 e. The van der Waals surface area contributed by atoms with Gasteiger partial charge in [-0.3, -0.25) is 4.90 Å². The van der Waals surface area contributed by atoms with Crippen LogP contribution in [0, 0.1) is 0 Å². The molecular weight excluding hydrogens is 158 g/mol. The van der Waals surface area contributed by atoms with Gasteiger partial charge < -0.3 is 0 Å². The van der Waals surface area contributed by atoms with Crippen LogP contribution in [0.25, 0.3) is 0 Å². The van der Waals surface area contributed by atoms with E-state index in [1.807, 2.05) is 0 Å². The molecule has 1 fully saturated rings. The van der Waals surface area contributed by atoms with Crippen molar-refractivity contribution in [2.45, 2.75) is 64.8 Å². The molecule has 1 aliphatic rings. The Morgan fingerprint density at radius 1 is 1.23 bits per heavy atom. The van der Waals surface area contributed by atoms with Gasteiger partial charge in [0, 0.05) is 5.54 Å². The first kappa shape index (κ1) is 11.0. The lowest BCUT2D eigenvalue weighted by Gasteiger charge is -2.44. The number of unbranched alkanes of at least 4 members (excludes halogenated alkanes) is 1. The fraction of sp³-hybridized carbons (Fsp3) is 1.00. The van der Waals surface area contributed by atoms with E-state index in [1.165, 1.54) is 51.6 Å². The summed E-state index contributed by atoms with van der Waals surface area (Å²) in [6.07, 6.45) is 8.28. The van der Waals surface area contributed by atoms with Crippen LogP contribution in [0.2, 0.25) is 0 Å². The standard InChI is InChI=1S/C12H25N/c1-4-6-10-13-11-8-7-9-12(13,3)5-2/h4-11H2,1-3H3. The van der Waals surface area contributed by atoms with Gasteiger partial charge >= 0.3 is 0 Å². The van der Waals surface area contributed by atoms with Crippen LogP contribution in [0.15, 0.2) is 0 Å². The van der Waals surface area contributed by atoms with Crippen LogP contribution in [0.5, 0.6) is 0 Å². The van der Waals surface area contributed by atoms with Gasteiger partial charge in [-0.25, -0.2) is 0 Å². The van der Waals surface area contributed by atoms with Gasteiger partial charge in [-0.1, -0.05) is 26.7 Å². The van der Waals surface area contributed by atoms with Crippen molar-refractivity contribution in [3.05, 3.63) is 0 Å². The van der Waals surface area contributed by atoms with Crippen LogP contribution in [0.3, 0.4) is 0 Å². The predicted molar refractivity (Wildman–Crippen MR) is 59.0 cm³/mol. The number of hydrogen-bond acceptors (Lipinski definition) is 1. The van der Waals surface area contributed by atoms with Crippen LogP contribution >= 0.6 is 0 Å². The third-order valence-corrected chi connectivity index (χ3v) is 3.70. The molecule has 0 aromatic heterocycles. The minimum absolute atomic E-state index is 0.521. The summed E-state index contributed by atoms with van der Waals surface area (Å²) in [5, 5.41) is 0. The molecule has 0 aromatic carbocycles. The summed E-state index contributed by atoms with van der Waals surface area (Å²) < 4.78 is 0. The molecule has 0 saturated carbocycles. The summed E-state index contributed by atoms with van der Waals surface area (Å²) in [7, 11) is 0. The zero-order valence-electron chi connectivity index (χ0n) is 9.60. The second kappa shape index (κ2) is 4.99. The Hall–Kier alpha value is -0.0400. The Bertz CT molecular complexity index is 144. The third kappa shape index (κ3) is 2.70. The van der Waals surface area contributed by atoms with Crippen LogP contribution in [0.1, 0.15) is 59.3 Å². The lowest BCUT2D eigenvalue weighted by molar-refractivity contribution is 0.0567. The summed E-state index contributed by atoms with van der Waals surface area (Å²) >= 11 is 0. The fourth-order valence-corrected chi connectivity index (χ4v) is 2.37. The molecule has 0 amide bonds. The summed E-state index contributed by atoms with van der Waals surface area (Å²) in [5.74, 6) is 0. The number of nitrogens with zero attached hydrogens (tertiary/aromatic N) is 1. The van der Waals surface area contributed by atoms with E-state index in [2.05, 4.69) is 25.7 Å². The van der Waals surface area contributed by atoms with E-state index in [9.17, 15) is 0 Å². The quantitative estimate of drug-likeness (QED) is 0.645. The van der Waals surface area contributed by atoms with E-state index in [1.54, 1.807) is 0 Å². The van der Waals surface area contributed by atoms with Crippen molar-refractivity contribution < 1.29 is 0 Å². The van der Waals surface area contributed by atoms with Gasteiger partial charge in [0.25, 0.3) is 0 Å². The second-order valence-electron chi connectivity index (χ2n) is 4.65. The Morgan fingerprint density at radius 2 is 2.00 bits per heavy atom. The van der Waals surface area contributed by atoms with Crippen molar-refractivity contribution in [2.75, 3.05) is 13.1 Å². The first-order chi connectivity index (χ1) is 6.23. The fourth-order valence-electron chi connectivity index (χ4n) is 2.37. The average Bonchev–Trinajstić information content (AvgIpc) is 2.17. The normalized spacial score (nSPS) is 30.7.